The predicted molar refractivity (Wildman–Crippen MR) is 193 cm³/mol. The summed E-state index contributed by atoms with van der Waals surface area (Å²) in [6.45, 7) is 10.6. The molecule has 13 heteroatoms. The predicted octanol–water partition coefficient (Wildman–Crippen LogP) is 4.41. The lowest BCUT2D eigenvalue weighted by molar-refractivity contribution is -0.155. The van der Waals surface area contributed by atoms with Crippen molar-refractivity contribution >= 4 is 46.7 Å². The van der Waals surface area contributed by atoms with Crippen molar-refractivity contribution in [3.8, 4) is 0 Å². The Morgan fingerprint density at radius 3 is 2.45 bits per heavy atom. The molecule has 4 aliphatic rings. The van der Waals surface area contributed by atoms with E-state index in [2.05, 4.69) is 15.8 Å². The fourth-order valence-corrected chi connectivity index (χ4v) is 7.91. The van der Waals surface area contributed by atoms with Gasteiger partial charge in [-0.2, -0.15) is 0 Å². The van der Waals surface area contributed by atoms with E-state index in [1.165, 1.54) is 16.2 Å². The van der Waals surface area contributed by atoms with Gasteiger partial charge in [0.25, 0.3) is 5.91 Å². The van der Waals surface area contributed by atoms with Crippen molar-refractivity contribution in [2.24, 2.45) is 16.5 Å². The first-order chi connectivity index (χ1) is 24.2. The van der Waals surface area contributed by atoms with Crippen molar-refractivity contribution in [1.29, 1.82) is 0 Å². The second kappa shape index (κ2) is 16.4. The SMILES string of the molecule is CCC[C@@H](NC(=O)[C@@H]1CC2(CC(c3cccc(Cl)c3)=NO2)CN1C(=O)[C@H](NC(=O)CC1CCCCC1)C(C)(C)C)C(=O)C(=O)N1CC(OCC)C1. The van der Waals surface area contributed by atoms with Crippen LogP contribution >= 0.6 is 11.6 Å². The van der Waals surface area contributed by atoms with Crippen molar-refractivity contribution in [3.05, 3.63) is 34.9 Å². The molecule has 4 atom stereocenters. The van der Waals surface area contributed by atoms with Crippen molar-refractivity contribution < 1.29 is 33.5 Å². The number of ketones is 1. The molecule has 0 aromatic heterocycles. The Bertz CT molecular complexity index is 1500. The highest BCUT2D eigenvalue weighted by Gasteiger charge is 2.56. The Morgan fingerprint density at radius 2 is 1.80 bits per heavy atom. The summed E-state index contributed by atoms with van der Waals surface area (Å²) < 4.78 is 5.54. The molecule has 3 heterocycles. The maximum absolute atomic E-state index is 14.6. The van der Waals surface area contributed by atoms with Crippen molar-refractivity contribution in [2.45, 2.75) is 129 Å². The summed E-state index contributed by atoms with van der Waals surface area (Å²) in [4.78, 5) is 77.9. The number of nitrogens with zero attached hydrogens (tertiary/aromatic N) is 3. The van der Waals surface area contributed by atoms with Crippen LogP contribution in [0, 0.1) is 11.3 Å². The zero-order chi connectivity index (χ0) is 36.9. The van der Waals surface area contributed by atoms with E-state index in [4.69, 9.17) is 21.2 Å². The molecule has 0 bridgehead atoms. The maximum atomic E-state index is 14.6. The molecule has 2 N–H and O–H groups in total. The number of benzene rings is 1. The van der Waals surface area contributed by atoms with Crippen molar-refractivity contribution in [3.63, 3.8) is 0 Å². The molecular weight excluding hydrogens is 674 g/mol. The Balaban J connectivity index is 1.37. The van der Waals surface area contributed by atoms with Crippen LogP contribution in [-0.4, -0.2) is 101 Å². The molecule has 0 radical (unpaired) electrons. The van der Waals surface area contributed by atoms with Crippen molar-refractivity contribution in [1.82, 2.24) is 20.4 Å². The maximum Gasteiger partial charge on any atom is 0.292 e. The molecule has 1 unspecified atom stereocenters. The molecule has 5 rings (SSSR count). The zero-order valence-electron chi connectivity index (χ0n) is 30.7. The Hall–Kier alpha value is -3.51. The first-order valence-electron chi connectivity index (χ1n) is 18.6. The molecule has 280 valence electrons. The van der Waals surface area contributed by atoms with Crippen LogP contribution in [0.2, 0.25) is 5.02 Å². The van der Waals surface area contributed by atoms with Crippen LogP contribution < -0.4 is 10.6 Å². The summed E-state index contributed by atoms with van der Waals surface area (Å²) in [5.74, 6) is -2.22. The van der Waals surface area contributed by atoms with Crippen molar-refractivity contribution in [2.75, 3.05) is 26.2 Å². The summed E-state index contributed by atoms with van der Waals surface area (Å²) in [5, 5.41) is 10.8. The van der Waals surface area contributed by atoms with Gasteiger partial charge in [-0.05, 0) is 49.7 Å². The summed E-state index contributed by atoms with van der Waals surface area (Å²) >= 11 is 6.26. The van der Waals surface area contributed by atoms with Crippen LogP contribution in [0.1, 0.15) is 104 Å². The summed E-state index contributed by atoms with van der Waals surface area (Å²) in [6, 6.07) is 4.22. The fraction of sp³-hybridized carbons (Fsp3) is 0.684. The van der Waals surface area contributed by atoms with Gasteiger partial charge in [0, 0.05) is 49.5 Å². The lowest BCUT2D eigenvalue weighted by Crippen LogP contribution is -2.61. The smallest absolute Gasteiger partial charge is 0.292 e. The second-order valence-corrected chi connectivity index (χ2v) is 16.2. The average Bonchev–Trinajstić information content (AvgIpc) is 3.67. The molecule has 3 fully saturated rings. The molecule has 2 saturated heterocycles. The summed E-state index contributed by atoms with van der Waals surface area (Å²) in [6.07, 6.45) is 6.84. The molecule has 1 saturated carbocycles. The topological polar surface area (TPSA) is 147 Å². The summed E-state index contributed by atoms with van der Waals surface area (Å²) in [5.41, 5.74) is -0.282. The number of ether oxygens (including phenoxy) is 1. The van der Waals surface area contributed by atoms with E-state index in [1.807, 2.05) is 46.8 Å². The standard InChI is InChI=1S/C38H54ClN5O7/c1-6-12-28(32(46)35(48)43-21-27(22-43)50-7-2)40-34(47)30-20-38(19-29(42-51-38)25-15-11-16-26(39)18-25)23-44(30)36(49)33(37(3,4)5)41-31(45)17-24-13-9-8-10-14-24/h11,15-16,18,24,27-28,30,33H,6-10,12-14,17,19-23H2,1-5H3,(H,40,47)(H,41,45)/t28-,30+,33+,38?/m1/s1. The zero-order valence-corrected chi connectivity index (χ0v) is 31.4. The highest BCUT2D eigenvalue weighted by molar-refractivity contribution is 6.38. The van der Waals surface area contributed by atoms with E-state index >= 15 is 0 Å². The van der Waals surface area contributed by atoms with Crippen LogP contribution in [0.25, 0.3) is 0 Å². The highest BCUT2D eigenvalue weighted by Crippen LogP contribution is 2.40. The highest BCUT2D eigenvalue weighted by atomic mass is 35.5. The number of halogens is 1. The normalized spacial score (nSPS) is 23.6. The Morgan fingerprint density at radius 1 is 1.08 bits per heavy atom. The Labute approximate surface area is 306 Å². The fourth-order valence-electron chi connectivity index (χ4n) is 7.72. The molecule has 1 aromatic carbocycles. The largest absolute Gasteiger partial charge is 0.387 e. The van der Waals surface area contributed by atoms with Crippen LogP contribution in [0.5, 0.6) is 0 Å². The number of carbonyl (C=O) groups is 5. The number of nitrogens with one attached hydrogen (secondary N) is 2. The number of hydrogen-bond acceptors (Lipinski definition) is 8. The van der Waals surface area contributed by atoms with E-state index in [1.54, 1.807) is 12.1 Å². The quantitative estimate of drug-likeness (QED) is 0.287. The molecule has 51 heavy (non-hydrogen) atoms. The van der Waals surface area contributed by atoms with Gasteiger partial charge in [-0.1, -0.05) is 82.3 Å². The number of hydrogen-bond donors (Lipinski definition) is 2. The van der Waals surface area contributed by atoms with E-state index in [-0.39, 0.29) is 37.3 Å². The summed E-state index contributed by atoms with van der Waals surface area (Å²) in [7, 11) is 0. The minimum atomic E-state index is -1.06. The lowest BCUT2D eigenvalue weighted by Gasteiger charge is -2.39. The number of amides is 4. The third-order valence-electron chi connectivity index (χ3n) is 10.6. The molecular formula is C38H54ClN5O7. The first kappa shape index (κ1) is 38.7. The van der Waals surface area contributed by atoms with E-state index in [9.17, 15) is 24.0 Å². The molecule has 1 aliphatic carbocycles. The Kier molecular flexibility index (Phi) is 12.5. The van der Waals surface area contributed by atoms with Crippen LogP contribution in [-0.2, 0) is 33.5 Å². The van der Waals surface area contributed by atoms with Crippen LogP contribution in [0.3, 0.4) is 0 Å². The number of oxime groups is 1. The van der Waals surface area contributed by atoms with E-state index in [0.29, 0.717) is 49.7 Å². The number of carbonyl (C=O) groups excluding carboxylic acids is 5. The van der Waals surface area contributed by atoms with Gasteiger partial charge in [-0.25, -0.2) is 0 Å². The number of Topliss-reactive ketones (excluding diaryl/α,β-unsaturated/α-hetero) is 1. The molecule has 12 nitrogen and oxygen atoms in total. The van der Waals surface area contributed by atoms with Crippen LogP contribution in [0.4, 0.5) is 0 Å². The average molecular weight is 728 g/mol. The minimum Gasteiger partial charge on any atom is -0.387 e. The molecule has 1 aromatic rings. The van der Waals surface area contributed by atoms with Gasteiger partial charge in [0.1, 0.15) is 12.1 Å². The molecule has 3 aliphatic heterocycles. The van der Waals surface area contributed by atoms with Gasteiger partial charge in [-0.3, -0.25) is 24.0 Å². The lowest BCUT2D eigenvalue weighted by atomic mass is 9.84. The van der Waals surface area contributed by atoms with E-state index < -0.39 is 52.6 Å². The third-order valence-corrected chi connectivity index (χ3v) is 10.8. The minimum absolute atomic E-state index is 0.0421. The molecule has 1 spiro atoms. The number of rotatable bonds is 13. The van der Waals surface area contributed by atoms with Gasteiger partial charge in [0.05, 0.1) is 24.4 Å². The van der Waals surface area contributed by atoms with Gasteiger partial charge < -0.3 is 30.0 Å². The van der Waals surface area contributed by atoms with Gasteiger partial charge in [0.2, 0.25) is 23.5 Å². The van der Waals surface area contributed by atoms with Gasteiger partial charge in [0.15, 0.2) is 5.60 Å². The van der Waals surface area contributed by atoms with Gasteiger partial charge >= 0.3 is 0 Å². The van der Waals surface area contributed by atoms with E-state index in [0.717, 1.165) is 31.2 Å². The molecule has 4 amide bonds. The van der Waals surface area contributed by atoms with Gasteiger partial charge in [-0.15, -0.1) is 0 Å². The first-order valence-corrected chi connectivity index (χ1v) is 19.0. The van der Waals surface area contributed by atoms with Crippen LogP contribution in [0.15, 0.2) is 29.4 Å². The monoisotopic (exact) mass is 727 g/mol. The second-order valence-electron chi connectivity index (χ2n) is 15.8. The number of likely N-dealkylation sites (tertiary alicyclic amines) is 2. The third kappa shape index (κ3) is 9.30.